The molecule has 0 bridgehead atoms. The van der Waals surface area contributed by atoms with Crippen LogP contribution >= 0.6 is 11.6 Å². The third kappa shape index (κ3) is 14.9. The van der Waals surface area contributed by atoms with Crippen LogP contribution in [-0.4, -0.2) is 159 Å². The summed E-state index contributed by atoms with van der Waals surface area (Å²) < 4.78 is 10.5. The molecule has 0 unspecified atom stereocenters. The molecule has 4 fully saturated rings. The first-order valence-electron chi connectivity index (χ1n) is 29.3. The van der Waals surface area contributed by atoms with Crippen LogP contribution in [0.2, 0.25) is 5.28 Å². The number of nitrogens with zero attached hydrogens (tertiary/aromatic N) is 19. The lowest BCUT2D eigenvalue weighted by Crippen LogP contribution is -3.00. The van der Waals surface area contributed by atoms with E-state index in [4.69, 9.17) is 11.6 Å². The van der Waals surface area contributed by atoms with Crippen LogP contribution in [0.3, 0.4) is 0 Å². The highest BCUT2D eigenvalue weighted by Crippen LogP contribution is 2.39. The molecule has 5 aliphatic heterocycles. The maximum absolute atomic E-state index is 12.2. The largest absolute Gasteiger partial charge is 1.00 e. The average molecular weight is 1280 g/mol. The van der Waals surface area contributed by atoms with Gasteiger partial charge in [-0.15, -0.1) is 0 Å². The molecule has 9 aromatic heterocycles. The second-order valence-electron chi connectivity index (χ2n) is 24.2. The van der Waals surface area contributed by atoms with E-state index < -0.39 is 0 Å². The highest BCUT2D eigenvalue weighted by Gasteiger charge is 2.42. The fourth-order valence-electron chi connectivity index (χ4n) is 12.1. The number of rotatable bonds is 6. The molecule has 0 radical (unpaired) electrons. The van der Waals surface area contributed by atoms with E-state index in [1.54, 1.807) is 42.9 Å². The van der Waals surface area contributed by atoms with Crippen molar-refractivity contribution in [1.82, 2.24) is 104 Å². The Morgan fingerprint density at radius 1 is 0.506 bits per heavy atom. The molecule has 27 nitrogen and oxygen atoms in total. The summed E-state index contributed by atoms with van der Waals surface area (Å²) in [7, 11) is 13.2. The molecule has 89 heavy (non-hydrogen) atoms. The van der Waals surface area contributed by atoms with Crippen molar-refractivity contribution >= 4 is 62.8 Å². The van der Waals surface area contributed by atoms with Crippen molar-refractivity contribution in [3.8, 4) is 0 Å². The monoisotopic (exact) mass is 1280 g/mol. The Hall–Kier alpha value is -7.81. The molecular weight excluding hydrogens is 1200 g/mol. The highest BCUT2D eigenvalue weighted by atomic mass is 35.5. The number of piperidine rings is 4. The summed E-state index contributed by atoms with van der Waals surface area (Å²) in [6.45, 7) is 17.0. The van der Waals surface area contributed by atoms with E-state index in [0.29, 0.717) is 55.8 Å². The predicted octanol–water partition coefficient (Wildman–Crippen LogP) is -1.02. The Balaban J connectivity index is 0.000000162. The van der Waals surface area contributed by atoms with Gasteiger partial charge >= 0.3 is 0 Å². The number of hydrogen-bond donors (Lipinski definition) is 5. The summed E-state index contributed by atoms with van der Waals surface area (Å²) in [6.07, 6.45) is 24.1. The van der Waals surface area contributed by atoms with Crippen LogP contribution in [0.5, 0.6) is 0 Å². The summed E-state index contributed by atoms with van der Waals surface area (Å²) in [5, 5.41) is 39.9. The fraction of sp³-hybridized carbons (Fsp3) is 0.542. The van der Waals surface area contributed by atoms with Crippen LogP contribution in [0.4, 0.5) is 11.9 Å². The Bertz CT molecular complexity index is 4060. The van der Waals surface area contributed by atoms with Crippen molar-refractivity contribution in [3.05, 3.63) is 121 Å². The van der Waals surface area contributed by atoms with Crippen LogP contribution in [0, 0.1) is 5.41 Å². The molecular formula is C59H84Cl3N24O3-. The first-order valence-corrected chi connectivity index (χ1v) is 29.7. The second kappa shape index (κ2) is 28.3. The van der Waals surface area contributed by atoms with Crippen molar-refractivity contribution in [1.29, 1.82) is 0 Å². The van der Waals surface area contributed by atoms with Crippen LogP contribution in [0.15, 0.2) is 86.6 Å². The minimum atomic E-state index is -0.266. The van der Waals surface area contributed by atoms with Crippen molar-refractivity contribution in [3.63, 3.8) is 0 Å². The summed E-state index contributed by atoms with van der Waals surface area (Å²) in [6, 6.07) is 6.33. The molecule has 5 aliphatic rings. The summed E-state index contributed by atoms with van der Waals surface area (Å²) in [4.78, 5) is 61.2. The van der Waals surface area contributed by atoms with E-state index >= 15 is 0 Å². The number of anilines is 2. The molecule has 480 valence electrons. The van der Waals surface area contributed by atoms with Crippen molar-refractivity contribution in [2.24, 2.45) is 52.8 Å². The molecule has 0 saturated carbocycles. The van der Waals surface area contributed by atoms with Crippen LogP contribution < -0.4 is 61.9 Å². The number of nitrogens with one attached hydrogen (secondary N) is 5. The number of aryl methyl sites for hydroxylation is 6. The minimum absolute atomic E-state index is 0. The summed E-state index contributed by atoms with van der Waals surface area (Å²) >= 11 is 5.55. The number of fused-ring (bicyclic) bond motifs is 3. The van der Waals surface area contributed by atoms with Gasteiger partial charge in [0, 0.05) is 114 Å². The molecule has 0 amide bonds. The number of halogens is 3. The maximum atomic E-state index is 12.2. The average Bonchev–Trinajstić information content (AvgIpc) is 2.65. The molecule has 9 aromatic rings. The zero-order valence-corrected chi connectivity index (χ0v) is 54.2. The molecule has 5 N–H and O–H groups in total. The number of hydrazone groups is 1. The first-order chi connectivity index (χ1) is 41.0. The molecule has 14 heterocycles. The van der Waals surface area contributed by atoms with Gasteiger partial charge in [0.25, 0.3) is 16.7 Å². The van der Waals surface area contributed by atoms with Gasteiger partial charge in [0.05, 0.1) is 42.4 Å². The lowest BCUT2D eigenvalue weighted by molar-refractivity contribution is -0.00100. The molecule has 0 aromatic carbocycles. The molecule has 0 atom stereocenters. The van der Waals surface area contributed by atoms with Gasteiger partial charge in [-0.05, 0) is 114 Å². The van der Waals surface area contributed by atoms with Gasteiger partial charge in [0.15, 0.2) is 22.6 Å². The number of allylic oxidation sites excluding steroid dienone is 2. The number of aromatic nitrogens is 18. The van der Waals surface area contributed by atoms with Gasteiger partial charge in [-0.25, -0.2) is 0 Å². The zero-order chi connectivity index (χ0) is 61.1. The van der Waals surface area contributed by atoms with Crippen molar-refractivity contribution < 1.29 is 24.8 Å². The molecule has 0 aliphatic carbocycles. The van der Waals surface area contributed by atoms with E-state index in [0.717, 1.165) is 83.7 Å². The van der Waals surface area contributed by atoms with Gasteiger partial charge in [-0.3, -0.25) is 57.4 Å². The molecule has 0 spiro atoms. The normalized spacial score (nSPS) is 17.8. The molecule has 4 saturated heterocycles. The quantitative estimate of drug-likeness (QED) is 0.0984. The topological polar surface area (TPSA) is 290 Å². The Labute approximate surface area is 534 Å². The zero-order valence-electron chi connectivity index (χ0n) is 51.9. The van der Waals surface area contributed by atoms with Crippen LogP contribution in [0.1, 0.15) is 104 Å². The SMILES string of the molecule is C.CN1N=[C+]C=C1C1(C)CCNCC1.Cn1ccc(C2(C)CCN(c3nc4c(cnn4C)c(=O)[nH]3)CC2)n1.Cn1ccc(C2(C)CCNCC2)n1.Cn1ncc2c(=O)[nH]c(Cl)nc21.Cn1nccc1C1(C)CCN(c2nc3c(cnn3C)c(=O)[nH]2)CC1.[Cl-].[Cl-]. The minimum Gasteiger partial charge on any atom is -1.00 e. The third-order valence-corrected chi connectivity index (χ3v) is 18.2. The second-order valence-corrected chi connectivity index (χ2v) is 24.6. The summed E-state index contributed by atoms with van der Waals surface area (Å²) in [5.41, 5.74) is 6.89. The lowest BCUT2D eigenvalue weighted by atomic mass is 9.77. The molecule has 30 heteroatoms. The fourth-order valence-corrected chi connectivity index (χ4v) is 12.2. The highest BCUT2D eigenvalue weighted by molar-refractivity contribution is 6.28. The number of aromatic amines is 3. The van der Waals surface area contributed by atoms with E-state index in [1.165, 1.54) is 53.6 Å². The van der Waals surface area contributed by atoms with E-state index in [9.17, 15) is 14.4 Å². The van der Waals surface area contributed by atoms with Gasteiger partial charge < -0.3 is 45.2 Å². The number of hydrogen-bond acceptors (Lipinski definition) is 18. The first kappa shape index (κ1) is 68.7. The van der Waals surface area contributed by atoms with E-state index in [1.807, 2.05) is 71.9 Å². The lowest BCUT2D eigenvalue weighted by Gasteiger charge is -2.39. The van der Waals surface area contributed by atoms with Gasteiger partial charge in [-0.1, -0.05) is 28.2 Å². The Kier molecular flexibility index (Phi) is 21.9. The van der Waals surface area contributed by atoms with Gasteiger partial charge in [0.1, 0.15) is 16.2 Å². The van der Waals surface area contributed by atoms with Crippen LogP contribution in [-0.2, 0) is 58.5 Å². The Morgan fingerprint density at radius 2 is 0.910 bits per heavy atom. The van der Waals surface area contributed by atoms with Gasteiger partial charge in [-0.2, -0.15) is 50.6 Å². The molecule has 14 rings (SSSR count). The predicted molar refractivity (Wildman–Crippen MR) is 339 cm³/mol. The smallest absolute Gasteiger partial charge is 0.263 e. The Morgan fingerprint density at radius 3 is 1.30 bits per heavy atom. The van der Waals surface area contributed by atoms with Crippen molar-refractivity contribution in [2.45, 2.75) is 103 Å². The maximum Gasteiger partial charge on any atom is 0.263 e. The van der Waals surface area contributed by atoms with Gasteiger partial charge in [0.2, 0.25) is 29.5 Å². The summed E-state index contributed by atoms with van der Waals surface area (Å²) in [5.74, 6) is 1.25. The van der Waals surface area contributed by atoms with Crippen molar-refractivity contribution in [2.75, 3.05) is 69.2 Å². The van der Waals surface area contributed by atoms with Crippen LogP contribution in [0.25, 0.3) is 33.1 Å². The standard InChI is InChI=1S/2C16H21N7O.C10H17N3.C10H16N3.C6H5ClN4O.CH4.2ClH/c1-16(12-4-7-21(2)20-12)5-8-23(9-6-16)15-18-13-11(14(24)19-15)10-17-22(13)3;1-16(12-4-7-17-21(12)2)5-8-23(9-6-16)15-19-13-11(14(24)20-15)10-18-22(13)3;1-10(4-6-11-7-5-10)9-3-8-13(2)12-9;1-10(4-7-11-8-5-10)9-3-6-12-13(9)2;1-11-4-3(2-8-11)5(12)10-6(7)9-4;;;/h4,7,10H,5-6,8-9H2,1-3H3,(H,18,19,24);4,7,10H,5-6,8-9H2,1-3H3,(H,19,20,24);3,8,11H,4-7H2,1-2H3;3,11H,4-5,7-8H2,1-2H3;2H,1H3,(H,9,10,12);1H4;2*1H/q;;;+1;;;;/p-2. The van der Waals surface area contributed by atoms with E-state index in [2.05, 4.69) is 138 Å². The van der Waals surface area contributed by atoms with E-state index in [-0.39, 0.29) is 65.0 Å². The number of H-pyrrole nitrogens is 3. The third-order valence-electron chi connectivity index (χ3n) is 18.0.